The number of benzene rings is 2. The summed E-state index contributed by atoms with van der Waals surface area (Å²) in [7, 11) is -9.52. The van der Waals surface area contributed by atoms with Gasteiger partial charge in [0.2, 0.25) is 33.3 Å². The average molecular weight is 1380 g/mol. The van der Waals surface area contributed by atoms with Crippen LogP contribution in [-0.2, 0) is 86.6 Å². The average Bonchev–Trinajstić information content (AvgIpc) is 0.842. The Hall–Kier alpha value is -6.18. The molecule has 2 aliphatic heterocycles. The highest BCUT2D eigenvalue weighted by Gasteiger charge is 2.37. The molecule has 0 unspecified atom stereocenters. The van der Waals surface area contributed by atoms with Gasteiger partial charge in [0.05, 0.1) is 150 Å². The number of esters is 1. The number of carbonyl (C=O) groups excluding carboxylic acids is 4. The quantitative estimate of drug-likeness (QED) is 0.0154. The number of hydrogen-bond acceptors (Lipinski definition) is 23. The Morgan fingerprint density at radius 3 is 1.66 bits per heavy atom. The number of sulfonamides is 1. The number of pyridine rings is 1. The molecule has 2 aliphatic rings. The highest BCUT2D eigenvalue weighted by molar-refractivity contribution is 7.89. The fourth-order valence-electron chi connectivity index (χ4n) is 8.97. The van der Waals surface area contributed by atoms with Gasteiger partial charge in [0.1, 0.15) is 16.5 Å². The van der Waals surface area contributed by atoms with Crippen LogP contribution in [0.15, 0.2) is 57.0 Å². The second-order valence-electron chi connectivity index (χ2n) is 21.4. The highest BCUT2D eigenvalue weighted by Crippen LogP contribution is 2.35. The van der Waals surface area contributed by atoms with Crippen LogP contribution in [0.25, 0.3) is 17.2 Å². The lowest BCUT2D eigenvalue weighted by molar-refractivity contribution is -0.136. The van der Waals surface area contributed by atoms with Crippen molar-refractivity contribution in [2.24, 2.45) is 16.6 Å². The van der Waals surface area contributed by atoms with E-state index in [1.54, 1.807) is 43.2 Å². The van der Waals surface area contributed by atoms with Crippen LogP contribution < -0.4 is 15.8 Å². The number of carbonyl (C=O) groups is 4. The third-order valence-electron chi connectivity index (χ3n) is 13.7. The number of fused-ring (bicyclic) bond motifs is 1. The van der Waals surface area contributed by atoms with E-state index in [4.69, 9.17) is 62.4 Å². The van der Waals surface area contributed by atoms with E-state index in [1.165, 1.54) is 10.5 Å². The molecule has 3 aromatic rings. The molecule has 5 rings (SSSR count). The van der Waals surface area contributed by atoms with E-state index in [9.17, 15) is 53.6 Å². The highest BCUT2D eigenvalue weighted by atomic mass is 32.2. The van der Waals surface area contributed by atoms with E-state index in [2.05, 4.69) is 20.0 Å². The number of hydrogen-bond donors (Lipinski definition) is 3. The molecule has 4 N–H and O–H groups in total. The Labute approximate surface area is 544 Å². The van der Waals surface area contributed by atoms with Crippen molar-refractivity contribution in [2.75, 3.05) is 165 Å². The van der Waals surface area contributed by atoms with E-state index in [0.29, 0.717) is 172 Å². The predicted octanol–water partition coefficient (Wildman–Crippen LogP) is 5.61. The second kappa shape index (κ2) is 42.4. The molecule has 0 saturated carbocycles. The zero-order valence-corrected chi connectivity index (χ0v) is 54.8. The van der Waals surface area contributed by atoms with Crippen molar-refractivity contribution in [3.05, 3.63) is 71.1 Å². The number of alkyl carbamates (subject to hydrolysis) is 1. The summed E-state index contributed by atoms with van der Waals surface area (Å²) in [6.07, 6.45) is 5.89. The van der Waals surface area contributed by atoms with Crippen LogP contribution in [0.3, 0.4) is 0 Å². The lowest BCUT2D eigenvalue weighted by atomic mass is 9.95. The zero-order chi connectivity index (χ0) is 68.3. The molecule has 526 valence electrons. The fraction of sp³-hybridized carbons (Fsp3) is 0.607. The van der Waals surface area contributed by atoms with Crippen LogP contribution in [0.4, 0.5) is 28.0 Å². The van der Waals surface area contributed by atoms with Gasteiger partial charge in [-0.2, -0.15) is 21.5 Å². The van der Waals surface area contributed by atoms with Crippen molar-refractivity contribution >= 4 is 61.5 Å². The lowest BCUT2D eigenvalue weighted by Gasteiger charge is -2.38. The Balaban J connectivity index is 0.778. The number of nitrogens with two attached hydrogens (primary N) is 1. The smallest absolute Gasteiger partial charge is 0.407 e. The molecule has 0 spiro atoms. The molecular formula is C61H86F4N6O21S2. The summed E-state index contributed by atoms with van der Waals surface area (Å²) in [5, 5.41) is 2.71. The number of rotatable bonds is 49. The van der Waals surface area contributed by atoms with Crippen molar-refractivity contribution in [1.82, 2.24) is 19.5 Å². The SMILES string of the molecule is CCCN(CCCNC(=O)OC(C)C)C(=O)C1=Cc2ccc(-c3cncc(S(=O)(=O)N4CC(CCC(=O)CCOCCOCCOCCOCCOCCOCCOCCOCCOCCOCCC(=O)Oc5c(F)c(F)c(S(=O)(=O)O)c(F)c5F)C4)c3)cc2N=C(N)C1. The van der Waals surface area contributed by atoms with Crippen LogP contribution >= 0.6 is 0 Å². The zero-order valence-electron chi connectivity index (χ0n) is 53.1. The number of halogens is 4. The molecule has 33 heteroatoms. The molecule has 0 bridgehead atoms. The fourth-order valence-corrected chi connectivity index (χ4v) is 11.2. The summed E-state index contributed by atoms with van der Waals surface area (Å²) in [6.45, 7) is 12.9. The topological polar surface area (TPSA) is 337 Å². The van der Waals surface area contributed by atoms with Crippen molar-refractivity contribution in [3.63, 3.8) is 0 Å². The van der Waals surface area contributed by atoms with Gasteiger partial charge in [-0.25, -0.2) is 27.0 Å². The summed E-state index contributed by atoms with van der Waals surface area (Å²) >= 11 is 0. The first kappa shape index (κ1) is 78.5. The molecule has 1 aromatic heterocycles. The number of aromatic nitrogens is 1. The molecule has 1 saturated heterocycles. The van der Waals surface area contributed by atoms with Gasteiger partial charge in [-0.05, 0) is 62.8 Å². The van der Waals surface area contributed by atoms with Crippen molar-refractivity contribution in [2.45, 2.75) is 81.6 Å². The minimum Gasteiger partial charge on any atom is -0.447 e. The standard InChI is InChI=1S/C61H86F4N6O21S2/c1-4-13-70(14-5-12-68-61(75)91-43(2)3)60(74)47-35-46-8-7-45(37-51(46)69-52(66)38-47)48-36-50(40-67-39-48)93(76,77)71-41-44(42-71)6-9-49(72)10-15-81-17-19-83-21-23-85-25-27-87-29-31-89-33-34-90-32-30-88-28-26-86-24-22-84-20-18-82-16-11-53(73)92-58-54(62)56(64)59(94(78,79)80)57(65)55(58)63/h7-8,35-37,39-40,43-44H,4-6,9-34,38,41-42H2,1-3H3,(H2,66,69)(H,68,75)(H,78,79,80). The van der Waals surface area contributed by atoms with Gasteiger partial charge in [0.25, 0.3) is 0 Å². The van der Waals surface area contributed by atoms with Crippen LogP contribution in [-0.4, -0.2) is 236 Å². The van der Waals surface area contributed by atoms with Gasteiger partial charge in [0.15, 0.2) is 16.5 Å². The van der Waals surface area contributed by atoms with E-state index in [1.807, 2.05) is 19.1 Å². The molecule has 0 aliphatic carbocycles. The molecule has 2 aromatic carbocycles. The summed E-state index contributed by atoms with van der Waals surface area (Å²) in [4.78, 5) is 58.5. The number of Topliss-reactive ketones (excluding diaryl/α,β-unsaturated/α-hetero) is 1. The summed E-state index contributed by atoms with van der Waals surface area (Å²) in [6, 6.07) is 7.00. The first-order valence-electron chi connectivity index (χ1n) is 30.8. The number of nitrogens with zero attached hydrogens (tertiary/aromatic N) is 4. The van der Waals surface area contributed by atoms with Gasteiger partial charge in [-0.15, -0.1) is 0 Å². The van der Waals surface area contributed by atoms with Crippen molar-refractivity contribution in [1.29, 1.82) is 0 Å². The maximum absolute atomic E-state index is 14.0. The van der Waals surface area contributed by atoms with E-state index >= 15 is 0 Å². The lowest BCUT2D eigenvalue weighted by Crippen LogP contribution is -2.49. The Morgan fingerprint density at radius 1 is 0.670 bits per heavy atom. The van der Waals surface area contributed by atoms with Gasteiger partial charge >= 0.3 is 22.2 Å². The molecule has 1 fully saturated rings. The molecule has 2 amide bonds. The van der Waals surface area contributed by atoms with Gasteiger partial charge in [0, 0.05) is 81.1 Å². The number of ketones is 1. The van der Waals surface area contributed by atoms with Crippen molar-refractivity contribution < 1.29 is 115 Å². The molecule has 0 radical (unpaired) electrons. The summed E-state index contributed by atoms with van der Waals surface area (Å²) < 4.78 is 179. The van der Waals surface area contributed by atoms with E-state index in [0.717, 1.165) is 6.42 Å². The predicted molar refractivity (Wildman–Crippen MR) is 330 cm³/mol. The maximum Gasteiger partial charge on any atom is 0.407 e. The van der Waals surface area contributed by atoms with Crippen molar-refractivity contribution in [3.8, 4) is 16.9 Å². The van der Waals surface area contributed by atoms with Gasteiger partial charge in [-0.3, -0.25) is 23.9 Å². The normalized spacial score (nSPS) is 13.7. The van der Waals surface area contributed by atoms with Gasteiger partial charge < -0.3 is 72.8 Å². The summed E-state index contributed by atoms with van der Waals surface area (Å²) in [5.41, 5.74) is 9.27. The van der Waals surface area contributed by atoms with Crippen LogP contribution in [0.2, 0.25) is 0 Å². The number of amides is 2. The monoisotopic (exact) mass is 1380 g/mol. The number of ether oxygens (including phenoxy) is 12. The third kappa shape index (κ3) is 27.9. The molecule has 0 atom stereocenters. The first-order valence-corrected chi connectivity index (χ1v) is 33.7. The van der Waals surface area contributed by atoms with Crippen LogP contribution in [0.5, 0.6) is 5.75 Å². The van der Waals surface area contributed by atoms with E-state index in [-0.39, 0.29) is 86.9 Å². The third-order valence-corrected chi connectivity index (χ3v) is 16.4. The molecular weight excluding hydrogens is 1290 g/mol. The number of nitrogens with one attached hydrogen (secondary N) is 1. The van der Waals surface area contributed by atoms with Crippen LogP contribution in [0, 0.1) is 29.2 Å². The first-order chi connectivity index (χ1) is 45.1. The van der Waals surface area contributed by atoms with Crippen LogP contribution in [0.1, 0.15) is 71.3 Å². The largest absolute Gasteiger partial charge is 0.447 e. The summed E-state index contributed by atoms with van der Waals surface area (Å²) in [5.74, 6) is -12.5. The Kier molecular flexibility index (Phi) is 35.4. The Bertz CT molecular complexity index is 3150. The second-order valence-corrected chi connectivity index (χ2v) is 24.7. The van der Waals surface area contributed by atoms with E-state index < -0.39 is 72.5 Å². The molecule has 3 heterocycles. The maximum atomic E-state index is 14.0. The minimum absolute atomic E-state index is 0.00913. The number of aliphatic imine (C=N–C) groups is 1. The molecule has 94 heavy (non-hydrogen) atoms. The minimum atomic E-state index is -5.66. The Morgan fingerprint density at radius 2 is 1.17 bits per heavy atom. The number of amidine groups is 1. The van der Waals surface area contributed by atoms with Gasteiger partial charge in [-0.1, -0.05) is 19.1 Å². The molecule has 27 nitrogen and oxygen atoms in total.